The smallest absolute Gasteiger partial charge is 0.306 e. The van der Waals surface area contributed by atoms with Crippen LogP contribution >= 0.6 is 0 Å². The maximum Gasteiger partial charge on any atom is 0.306 e. The fraction of sp³-hybridized carbons (Fsp3) is 0.765. The molecule has 1 aromatic rings. The van der Waals surface area contributed by atoms with E-state index in [1.807, 2.05) is 7.05 Å². The Bertz CT molecular complexity index is 581. The Morgan fingerprint density at radius 2 is 1.64 bits per heavy atom. The van der Waals surface area contributed by atoms with Crippen molar-refractivity contribution in [3.05, 3.63) is 0 Å². The summed E-state index contributed by atoms with van der Waals surface area (Å²) in [6.07, 6.45) is 7.93. The molecule has 3 N–H and O–H groups in total. The molecule has 1 saturated carbocycles. The Morgan fingerprint density at radius 1 is 1.00 bits per heavy atom. The number of carbonyl (C=O) groups is 1. The number of hydrogen-bond donors (Lipinski definition) is 3. The molecule has 138 valence electrons. The van der Waals surface area contributed by atoms with Gasteiger partial charge in [0.1, 0.15) is 0 Å². The highest BCUT2D eigenvalue weighted by Crippen LogP contribution is 2.27. The first-order valence-electron chi connectivity index (χ1n) is 9.34. The van der Waals surface area contributed by atoms with E-state index in [0.717, 1.165) is 31.9 Å². The zero-order chi connectivity index (χ0) is 17.6. The molecule has 2 fully saturated rings. The second-order valence-corrected chi connectivity index (χ2v) is 6.97. The molecular formula is C17H28N6O2. The zero-order valence-corrected chi connectivity index (χ0v) is 14.9. The number of rotatable bonds is 5. The van der Waals surface area contributed by atoms with Crippen LogP contribution in [0.3, 0.4) is 0 Å². The second kappa shape index (κ2) is 8.31. The summed E-state index contributed by atoms with van der Waals surface area (Å²) in [7, 11) is 1.81. The Kier molecular flexibility index (Phi) is 5.88. The Morgan fingerprint density at radius 3 is 2.24 bits per heavy atom. The SMILES string of the molecule is CNc1nc(NC2CCC(C(=O)O)CC2)nc(N2CCCCCC2)n1. The molecule has 0 spiro atoms. The van der Waals surface area contributed by atoms with Gasteiger partial charge in [-0.15, -0.1) is 0 Å². The van der Waals surface area contributed by atoms with Crippen molar-refractivity contribution < 1.29 is 9.90 Å². The number of aliphatic carboxylic acids is 1. The van der Waals surface area contributed by atoms with E-state index in [9.17, 15) is 4.79 Å². The van der Waals surface area contributed by atoms with Crippen molar-refractivity contribution in [3.8, 4) is 0 Å². The summed E-state index contributed by atoms with van der Waals surface area (Å²) in [5.74, 6) is 0.979. The number of carboxylic acid groups (broad SMARTS) is 1. The Balaban J connectivity index is 1.68. The van der Waals surface area contributed by atoms with E-state index in [4.69, 9.17) is 5.11 Å². The highest BCUT2D eigenvalue weighted by molar-refractivity contribution is 5.70. The van der Waals surface area contributed by atoms with Crippen LogP contribution in [-0.4, -0.2) is 52.2 Å². The lowest BCUT2D eigenvalue weighted by Crippen LogP contribution is -2.31. The van der Waals surface area contributed by atoms with Gasteiger partial charge in [0.2, 0.25) is 17.8 Å². The summed E-state index contributed by atoms with van der Waals surface area (Å²) in [6, 6.07) is 0.222. The summed E-state index contributed by atoms with van der Waals surface area (Å²) in [5.41, 5.74) is 0. The predicted octanol–water partition coefficient (Wildman–Crippen LogP) is 2.35. The van der Waals surface area contributed by atoms with E-state index in [0.29, 0.717) is 24.7 Å². The zero-order valence-electron chi connectivity index (χ0n) is 14.9. The molecule has 1 aliphatic carbocycles. The molecule has 25 heavy (non-hydrogen) atoms. The first kappa shape index (κ1) is 17.7. The largest absolute Gasteiger partial charge is 0.481 e. The van der Waals surface area contributed by atoms with Gasteiger partial charge in [-0.25, -0.2) is 0 Å². The quantitative estimate of drug-likeness (QED) is 0.745. The summed E-state index contributed by atoms with van der Waals surface area (Å²) < 4.78 is 0. The molecule has 3 rings (SSSR count). The molecule has 2 aliphatic rings. The van der Waals surface area contributed by atoms with Crippen LogP contribution in [0.15, 0.2) is 0 Å². The van der Waals surface area contributed by atoms with Gasteiger partial charge in [0.25, 0.3) is 0 Å². The van der Waals surface area contributed by atoms with Crippen LogP contribution < -0.4 is 15.5 Å². The molecular weight excluding hydrogens is 320 g/mol. The summed E-state index contributed by atoms with van der Waals surface area (Å²) in [4.78, 5) is 26.9. The van der Waals surface area contributed by atoms with Crippen molar-refractivity contribution in [2.45, 2.75) is 57.4 Å². The highest BCUT2D eigenvalue weighted by Gasteiger charge is 2.26. The van der Waals surface area contributed by atoms with Gasteiger partial charge in [0.05, 0.1) is 5.92 Å². The topological polar surface area (TPSA) is 103 Å². The number of nitrogens with zero attached hydrogens (tertiary/aromatic N) is 4. The minimum Gasteiger partial charge on any atom is -0.481 e. The molecule has 1 saturated heterocycles. The van der Waals surface area contributed by atoms with Crippen LogP contribution in [0.5, 0.6) is 0 Å². The normalized spacial score (nSPS) is 24.4. The van der Waals surface area contributed by atoms with Crippen molar-refractivity contribution in [2.24, 2.45) is 5.92 Å². The van der Waals surface area contributed by atoms with Gasteiger partial charge >= 0.3 is 5.97 Å². The van der Waals surface area contributed by atoms with E-state index in [-0.39, 0.29) is 12.0 Å². The minimum atomic E-state index is -0.681. The molecule has 1 aromatic heterocycles. The first-order chi connectivity index (χ1) is 12.2. The third-order valence-corrected chi connectivity index (χ3v) is 5.15. The molecule has 1 aliphatic heterocycles. The number of aromatic nitrogens is 3. The van der Waals surface area contributed by atoms with E-state index in [1.54, 1.807) is 0 Å². The van der Waals surface area contributed by atoms with Gasteiger partial charge in [0.15, 0.2) is 0 Å². The number of anilines is 3. The lowest BCUT2D eigenvalue weighted by molar-refractivity contribution is -0.142. The lowest BCUT2D eigenvalue weighted by Gasteiger charge is -2.27. The van der Waals surface area contributed by atoms with Gasteiger partial charge in [-0.05, 0) is 38.5 Å². The predicted molar refractivity (Wildman–Crippen MR) is 97.1 cm³/mol. The van der Waals surface area contributed by atoms with Crippen molar-refractivity contribution >= 4 is 23.8 Å². The van der Waals surface area contributed by atoms with Crippen LogP contribution in [0, 0.1) is 5.92 Å². The average Bonchev–Trinajstić information content (AvgIpc) is 2.91. The van der Waals surface area contributed by atoms with Gasteiger partial charge < -0.3 is 20.6 Å². The molecule has 8 nitrogen and oxygen atoms in total. The number of nitrogens with one attached hydrogen (secondary N) is 2. The van der Waals surface area contributed by atoms with Gasteiger partial charge in [-0.3, -0.25) is 4.79 Å². The van der Waals surface area contributed by atoms with Crippen molar-refractivity contribution in [1.29, 1.82) is 0 Å². The lowest BCUT2D eigenvalue weighted by atomic mass is 9.86. The molecule has 0 amide bonds. The van der Waals surface area contributed by atoms with E-state index < -0.39 is 5.97 Å². The van der Waals surface area contributed by atoms with Gasteiger partial charge in [0, 0.05) is 26.2 Å². The molecule has 0 aromatic carbocycles. The minimum absolute atomic E-state index is 0.211. The highest BCUT2D eigenvalue weighted by atomic mass is 16.4. The van der Waals surface area contributed by atoms with Gasteiger partial charge in [-0.1, -0.05) is 12.8 Å². The molecule has 8 heteroatoms. The third-order valence-electron chi connectivity index (χ3n) is 5.15. The summed E-state index contributed by atoms with van der Waals surface area (Å²) in [5, 5.41) is 15.5. The van der Waals surface area contributed by atoms with Crippen molar-refractivity contribution in [1.82, 2.24) is 15.0 Å². The van der Waals surface area contributed by atoms with E-state index >= 15 is 0 Å². The Labute approximate surface area is 148 Å². The standard InChI is InChI=1S/C17H28N6O2/c1-18-15-20-16(19-13-8-6-12(7-9-13)14(24)25)22-17(21-15)23-10-4-2-3-5-11-23/h12-13H,2-11H2,1H3,(H,24,25)(H2,18,19,20,21,22). The Hall–Kier alpha value is -2.12. The molecule has 0 unspecified atom stereocenters. The first-order valence-corrected chi connectivity index (χ1v) is 9.34. The molecule has 2 heterocycles. The summed E-state index contributed by atoms with van der Waals surface area (Å²) >= 11 is 0. The molecule has 0 radical (unpaired) electrons. The fourth-order valence-corrected chi connectivity index (χ4v) is 3.62. The molecule has 0 atom stereocenters. The van der Waals surface area contributed by atoms with Crippen LogP contribution in [0.2, 0.25) is 0 Å². The van der Waals surface area contributed by atoms with Gasteiger partial charge in [-0.2, -0.15) is 15.0 Å². The maximum atomic E-state index is 11.1. The van der Waals surface area contributed by atoms with Crippen molar-refractivity contribution in [2.75, 3.05) is 35.7 Å². The number of hydrogen-bond acceptors (Lipinski definition) is 7. The van der Waals surface area contributed by atoms with Crippen molar-refractivity contribution in [3.63, 3.8) is 0 Å². The van der Waals surface area contributed by atoms with E-state index in [1.165, 1.54) is 25.7 Å². The maximum absolute atomic E-state index is 11.1. The molecule has 0 bridgehead atoms. The second-order valence-electron chi connectivity index (χ2n) is 6.97. The summed E-state index contributed by atoms with van der Waals surface area (Å²) in [6.45, 7) is 1.96. The van der Waals surface area contributed by atoms with Crippen LogP contribution in [0.4, 0.5) is 17.8 Å². The van der Waals surface area contributed by atoms with E-state index in [2.05, 4.69) is 30.5 Å². The average molecular weight is 348 g/mol. The fourth-order valence-electron chi connectivity index (χ4n) is 3.62. The monoisotopic (exact) mass is 348 g/mol. The van der Waals surface area contributed by atoms with Crippen LogP contribution in [-0.2, 0) is 4.79 Å². The number of carboxylic acids is 1. The van der Waals surface area contributed by atoms with Crippen LogP contribution in [0.25, 0.3) is 0 Å². The third kappa shape index (κ3) is 4.70. The van der Waals surface area contributed by atoms with Crippen LogP contribution in [0.1, 0.15) is 51.4 Å².